The van der Waals surface area contributed by atoms with Gasteiger partial charge in [-0.3, -0.25) is 29.6 Å². The number of nitrogens with one attached hydrogen (secondary N) is 1. The third-order valence-corrected chi connectivity index (χ3v) is 17.1. The Kier molecular flexibility index (Phi) is 10.1. The number of benzene rings is 3. The van der Waals surface area contributed by atoms with E-state index in [1.54, 1.807) is 17.2 Å². The molecule has 7 heterocycles. The minimum atomic E-state index is -0.607. The van der Waals surface area contributed by atoms with Gasteiger partial charge >= 0.3 is 6.01 Å². The maximum absolute atomic E-state index is 17.1. The summed E-state index contributed by atoms with van der Waals surface area (Å²) >= 11 is 0. The second-order valence-electron chi connectivity index (χ2n) is 21.5. The number of imide groups is 1. The number of amides is 3. The predicted octanol–water partition coefficient (Wildman–Crippen LogP) is 5.83. The lowest BCUT2D eigenvalue weighted by atomic mass is 9.96. The lowest BCUT2D eigenvalue weighted by Crippen LogP contribution is -2.52. The second kappa shape index (κ2) is 16.4. The van der Waals surface area contributed by atoms with Crippen LogP contribution in [0, 0.1) is 53.2 Å². The van der Waals surface area contributed by atoms with Crippen LogP contribution in [0.25, 0.3) is 32.9 Å². The molecule has 0 spiro atoms. The third kappa shape index (κ3) is 7.62. The van der Waals surface area contributed by atoms with Gasteiger partial charge in [0.05, 0.1) is 12.0 Å². The highest BCUT2D eigenvalue weighted by atomic mass is 19.1. The van der Waals surface area contributed by atoms with Gasteiger partial charge in [-0.05, 0) is 115 Å². The molecule has 5 aromatic rings. The van der Waals surface area contributed by atoms with Crippen LogP contribution in [0.1, 0.15) is 66.4 Å². The number of halogens is 1. The molecule has 69 heavy (non-hydrogen) atoms. The topological polar surface area (TPSA) is 148 Å². The Morgan fingerprint density at radius 3 is 2.45 bits per heavy atom. The van der Waals surface area contributed by atoms with E-state index in [4.69, 9.17) is 21.1 Å². The summed E-state index contributed by atoms with van der Waals surface area (Å²) in [6.07, 6.45) is 14.0. The number of nitrogens with zero attached hydrogens (tertiary/aromatic N) is 8. The SMILES string of the molecule is C#Cc1cccc2cc(O)cc(-c3ncc4c(N5CC6CCC(C6)C5)nc(OCC5(CN6C[C@@H]7[C@@H](CN8CCN(c9ccc%10c(c9)CN([C@H]9CCC(=O)NC9=O)C%10=O)CC8)[C@@H]7C6)CC5)nc4c3F)c12. The fraction of sp³-hybridized carbons (Fsp3) is 0.481. The number of anilines is 2. The summed E-state index contributed by atoms with van der Waals surface area (Å²) in [5, 5.41) is 15.0. The molecule has 6 atom stereocenters. The molecular formula is C54H56FN9O5. The smallest absolute Gasteiger partial charge is 0.319 e. The number of pyridine rings is 1. The molecule has 2 unspecified atom stereocenters. The van der Waals surface area contributed by atoms with Crippen LogP contribution < -0.4 is 19.9 Å². The van der Waals surface area contributed by atoms with Crippen molar-refractivity contribution in [2.24, 2.45) is 35.0 Å². The number of piperazine rings is 1. The Morgan fingerprint density at radius 2 is 1.70 bits per heavy atom. The molecule has 3 saturated carbocycles. The number of ether oxygens (including phenoxy) is 1. The molecule has 4 saturated heterocycles. The molecule has 13 rings (SSSR count). The molecule has 2 bridgehead atoms. The molecule has 8 aliphatic rings. The van der Waals surface area contributed by atoms with Gasteiger partial charge in [-0.1, -0.05) is 18.1 Å². The first-order valence-electron chi connectivity index (χ1n) is 25.0. The van der Waals surface area contributed by atoms with E-state index >= 15 is 4.39 Å². The first-order chi connectivity index (χ1) is 33.6. The number of piperidine rings is 3. The highest BCUT2D eigenvalue weighted by Crippen LogP contribution is 2.55. The van der Waals surface area contributed by atoms with Gasteiger partial charge in [-0.15, -0.1) is 6.42 Å². The normalized spacial score (nSPS) is 27.2. The molecule has 2 aromatic heterocycles. The number of aromatic nitrogens is 3. The van der Waals surface area contributed by atoms with E-state index in [-0.39, 0.29) is 52.5 Å². The summed E-state index contributed by atoms with van der Waals surface area (Å²) in [5.41, 5.74) is 3.96. The van der Waals surface area contributed by atoms with Crippen LogP contribution >= 0.6 is 0 Å². The Morgan fingerprint density at radius 1 is 0.899 bits per heavy atom. The lowest BCUT2D eigenvalue weighted by Gasteiger charge is -2.37. The molecule has 2 N–H and O–H groups in total. The van der Waals surface area contributed by atoms with Gasteiger partial charge in [0.1, 0.15) is 28.8 Å². The van der Waals surface area contributed by atoms with Crippen molar-refractivity contribution < 1.29 is 28.6 Å². The maximum atomic E-state index is 17.1. The fourth-order valence-electron chi connectivity index (χ4n) is 13.2. The molecular weight excluding hydrogens is 874 g/mol. The number of phenolic OH excluding ortho intramolecular Hbond substituents is 1. The number of carbonyl (C=O) groups is 3. The number of terminal acetylenes is 1. The highest BCUT2D eigenvalue weighted by molar-refractivity contribution is 6.06. The van der Waals surface area contributed by atoms with E-state index < -0.39 is 11.9 Å². The summed E-state index contributed by atoms with van der Waals surface area (Å²) in [7, 11) is 0. The number of fused-ring (bicyclic) bond motifs is 6. The number of phenols is 1. The van der Waals surface area contributed by atoms with Gasteiger partial charge in [0, 0.05) is 118 Å². The summed E-state index contributed by atoms with van der Waals surface area (Å²) in [6.45, 7) is 10.8. The van der Waals surface area contributed by atoms with Crippen molar-refractivity contribution in [2.75, 3.05) is 81.9 Å². The second-order valence-corrected chi connectivity index (χ2v) is 21.5. The van der Waals surface area contributed by atoms with Gasteiger partial charge in [0.25, 0.3) is 5.91 Å². The zero-order valence-electron chi connectivity index (χ0n) is 38.7. The van der Waals surface area contributed by atoms with Gasteiger partial charge in [0.15, 0.2) is 5.82 Å². The number of carbonyl (C=O) groups excluding carboxylic acids is 3. The molecule has 3 amide bonds. The van der Waals surface area contributed by atoms with E-state index in [2.05, 4.69) is 41.9 Å². The van der Waals surface area contributed by atoms with Gasteiger partial charge in [-0.25, -0.2) is 4.39 Å². The number of rotatable bonds is 11. The largest absolute Gasteiger partial charge is 0.508 e. The highest BCUT2D eigenvalue weighted by Gasteiger charge is 2.57. The molecule has 0 radical (unpaired) electrons. The van der Waals surface area contributed by atoms with E-state index in [1.807, 2.05) is 30.3 Å². The first kappa shape index (κ1) is 42.7. The van der Waals surface area contributed by atoms with E-state index in [1.165, 1.54) is 25.3 Å². The number of aromatic hydroxyl groups is 1. The fourth-order valence-corrected chi connectivity index (χ4v) is 13.2. The molecule has 7 fully saturated rings. The average molecular weight is 930 g/mol. The van der Waals surface area contributed by atoms with Gasteiger partial charge in [-0.2, -0.15) is 9.97 Å². The molecule has 14 nitrogen and oxygen atoms in total. The van der Waals surface area contributed by atoms with E-state index in [0.717, 1.165) is 107 Å². The van der Waals surface area contributed by atoms with Crippen LogP contribution in [0.5, 0.6) is 11.8 Å². The first-order valence-corrected chi connectivity index (χ1v) is 25.0. The number of hydrogen-bond acceptors (Lipinski definition) is 12. The van der Waals surface area contributed by atoms with Crippen molar-refractivity contribution in [2.45, 2.75) is 57.5 Å². The van der Waals surface area contributed by atoms with Gasteiger partial charge < -0.3 is 29.4 Å². The quantitative estimate of drug-likeness (QED) is 0.122. The molecule has 354 valence electrons. The lowest BCUT2D eigenvalue weighted by molar-refractivity contribution is -0.136. The standard InChI is InChI=1S/C54H56FN9O5/c1-2-33-4-3-5-34-20-37(65)21-39(46(33)34)48-47(55)49-40(22-56-48)50(63-23-31-6-7-32(18-31)24-63)59-53(58-49)69-30-54(12-13-54)29-61-27-42-41(43(42)28-61)26-60-14-16-62(17-15-60)36-8-9-38-35(19-36)25-64(52(38)68)44-10-11-45(66)57-51(44)67/h1,3-5,8-9,19-22,31-32,41-44,65H,6-7,10-18,23-30H2,(H,57,66,67)/t31?,32?,41-,42-,43+,44-/m0/s1. The Labute approximate surface area is 400 Å². The molecule has 5 aliphatic heterocycles. The summed E-state index contributed by atoms with van der Waals surface area (Å²) in [5.74, 6) is 5.35. The van der Waals surface area contributed by atoms with Crippen LogP contribution in [-0.4, -0.2) is 131 Å². The Hall–Kier alpha value is -6.37. The summed E-state index contributed by atoms with van der Waals surface area (Å²) in [4.78, 5) is 63.5. The van der Waals surface area contributed by atoms with E-state index in [0.29, 0.717) is 70.1 Å². The minimum Gasteiger partial charge on any atom is -0.508 e. The Bertz CT molecular complexity index is 2990. The molecule has 15 heteroatoms. The predicted molar refractivity (Wildman–Crippen MR) is 258 cm³/mol. The zero-order chi connectivity index (χ0) is 46.7. The number of likely N-dealkylation sites (tertiary alicyclic amines) is 1. The molecule has 3 aromatic carbocycles. The maximum Gasteiger partial charge on any atom is 0.319 e. The van der Waals surface area contributed by atoms with Crippen molar-refractivity contribution >= 4 is 50.9 Å². The van der Waals surface area contributed by atoms with Crippen LogP contribution in [0.4, 0.5) is 15.9 Å². The minimum absolute atomic E-state index is 0.00242. The summed E-state index contributed by atoms with van der Waals surface area (Å²) in [6, 6.07) is 14.3. The van der Waals surface area contributed by atoms with Crippen molar-refractivity contribution in [3.63, 3.8) is 0 Å². The zero-order valence-corrected chi connectivity index (χ0v) is 38.7. The third-order valence-electron chi connectivity index (χ3n) is 17.1. The number of hydrogen-bond donors (Lipinski definition) is 2. The monoisotopic (exact) mass is 929 g/mol. The Balaban J connectivity index is 0.647. The van der Waals surface area contributed by atoms with Crippen LogP contribution in [0.3, 0.4) is 0 Å². The van der Waals surface area contributed by atoms with Crippen LogP contribution in [0.2, 0.25) is 0 Å². The van der Waals surface area contributed by atoms with E-state index in [9.17, 15) is 19.5 Å². The molecule has 3 aliphatic carbocycles. The van der Waals surface area contributed by atoms with Crippen molar-refractivity contribution in [3.05, 3.63) is 77.2 Å². The van der Waals surface area contributed by atoms with Gasteiger partial charge in [0.2, 0.25) is 11.8 Å². The van der Waals surface area contributed by atoms with Crippen LogP contribution in [-0.2, 0) is 16.1 Å². The van der Waals surface area contributed by atoms with Crippen molar-refractivity contribution in [1.29, 1.82) is 0 Å². The van der Waals surface area contributed by atoms with Crippen LogP contribution in [0.15, 0.2) is 54.7 Å². The van der Waals surface area contributed by atoms with Crippen molar-refractivity contribution in [1.82, 2.24) is 35.0 Å². The average Bonchev–Trinajstić information content (AvgIpc) is 4.08. The van der Waals surface area contributed by atoms with Crippen molar-refractivity contribution in [3.8, 4) is 35.4 Å². The summed E-state index contributed by atoms with van der Waals surface area (Å²) < 4.78 is 23.7.